The Bertz CT molecular complexity index is 347. The lowest BCUT2D eigenvalue weighted by Gasteiger charge is -2.15. The SMILES string of the molecule is CCN1C=C(Br)CC=C(C(=O)OC)C1=O. The highest BCUT2D eigenvalue weighted by atomic mass is 79.9. The summed E-state index contributed by atoms with van der Waals surface area (Å²) in [7, 11) is 1.26. The van der Waals surface area contributed by atoms with Crippen molar-refractivity contribution in [2.45, 2.75) is 13.3 Å². The first kappa shape index (κ1) is 12.0. The number of nitrogens with zero attached hydrogens (tertiary/aromatic N) is 1. The molecule has 1 heterocycles. The summed E-state index contributed by atoms with van der Waals surface area (Å²) in [5, 5.41) is 0. The summed E-state index contributed by atoms with van der Waals surface area (Å²) in [4.78, 5) is 24.6. The second-order valence-electron chi connectivity index (χ2n) is 2.98. The molecule has 5 heteroatoms. The number of halogens is 1. The van der Waals surface area contributed by atoms with E-state index in [0.29, 0.717) is 13.0 Å². The fourth-order valence-corrected chi connectivity index (χ4v) is 1.65. The number of ether oxygens (including phenoxy) is 1. The highest BCUT2D eigenvalue weighted by Crippen LogP contribution is 2.20. The maximum absolute atomic E-state index is 11.8. The molecule has 0 saturated heterocycles. The summed E-state index contributed by atoms with van der Waals surface area (Å²) in [5.74, 6) is -0.909. The first-order chi connectivity index (χ1) is 7.10. The lowest BCUT2D eigenvalue weighted by Crippen LogP contribution is -2.29. The minimum absolute atomic E-state index is 0.0880. The van der Waals surface area contributed by atoms with Crippen LogP contribution in [0.2, 0.25) is 0 Å². The molecule has 1 aliphatic rings. The van der Waals surface area contributed by atoms with Gasteiger partial charge >= 0.3 is 5.97 Å². The minimum Gasteiger partial charge on any atom is -0.465 e. The Kier molecular flexibility index (Phi) is 4.08. The molecule has 1 amide bonds. The highest BCUT2D eigenvalue weighted by molar-refractivity contribution is 9.11. The van der Waals surface area contributed by atoms with Gasteiger partial charge in [-0.05, 0) is 13.3 Å². The maximum atomic E-state index is 11.8. The summed E-state index contributed by atoms with van der Waals surface area (Å²) >= 11 is 3.32. The molecule has 4 nitrogen and oxygen atoms in total. The zero-order valence-electron chi connectivity index (χ0n) is 8.62. The van der Waals surface area contributed by atoms with Gasteiger partial charge in [-0.3, -0.25) is 4.79 Å². The number of esters is 1. The van der Waals surface area contributed by atoms with E-state index < -0.39 is 5.97 Å². The van der Waals surface area contributed by atoms with Crippen LogP contribution in [0.15, 0.2) is 22.3 Å². The molecule has 0 spiro atoms. The number of rotatable bonds is 2. The van der Waals surface area contributed by atoms with Gasteiger partial charge in [0.25, 0.3) is 5.91 Å². The first-order valence-electron chi connectivity index (χ1n) is 4.55. The lowest BCUT2D eigenvalue weighted by molar-refractivity contribution is -0.139. The van der Waals surface area contributed by atoms with E-state index >= 15 is 0 Å². The number of amides is 1. The fourth-order valence-electron chi connectivity index (χ4n) is 1.24. The summed E-state index contributed by atoms with van der Waals surface area (Å²) in [6, 6.07) is 0. The molecule has 0 saturated carbocycles. The van der Waals surface area contributed by atoms with E-state index in [4.69, 9.17) is 0 Å². The standard InChI is InChI=1S/C10H12BrNO3/c1-3-12-6-7(11)4-5-8(9(12)13)10(14)15-2/h5-6H,3-4H2,1-2H3. The molecule has 0 aromatic rings. The van der Waals surface area contributed by atoms with Gasteiger partial charge < -0.3 is 9.64 Å². The third kappa shape index (κ3) is 2.68. The van der Waals surface area contributed by atoms with Crippen LogP contribution in [0.3, 0.4) is 0 Å². The average molecular weight is 274 g/mol. The average Bonchev–Trinajstić information content (AvgIpc) is 2.37. The van der Waals surface area contributed by atoms with E-state index in [1.165, 1.54) is 12.0 Å². The molecule has 0 N–H and O–H groups in total. The van der Waals surface area contributed by atoms with Gasteiger partial charge in [0, 0.05) is 17.2 Å². The van der Waals surface area contributed by atoms with Crippen molar-refractivity contribution in [3.8, 4) is 0 Å². The van der Waals surface area contributed by atoms with E-state index in [9.17, 15) is 9.59 Å². The number of allylic oxidation sites excluding steroid dienone is 2. The number of carbonyl (C=O) groups is 2. The smallest absolute Gasteiger partial charge is 0.343 e. The monoisotopic (exact) mass is 273 g/mol. The van der Waals surface area contributed by atoms with Crippen molar-refractivity contribution in [1.29, 1.82) is 0 Å². The van der Waals surface area contributed by atoms with E-state index in [1.54, 1.807) is 12.3 Å². The number of carbonyl (C=O) groups excluding carboxylic acids is 2. The second-order valence-corrected chi connectivity index (χ2v) is 4.00. The van der Waals surface area contributed by atoms with E-state index in [1.807, 2.05) is 6.92 Å². The van der Waals surface area contributed by atoms with Gasteiger partial charge in [0.05, 0.1) is 7.11 Å². The topological polar surface area (TPSA) is 46.6 Å². The normalized spacial score (nSPS) is 16.7. The van der Waals surface area contributed by atoms with E-state index in [2.05, 4.69) is 20.7 Å². The van der Waals surface area contributed by atoms with Crippen LogP contribution in [0.4, 0.5) is 0 Å². The third-order valence-electron chi connectivity index (χ3n) is 2.03. The Hall–Kier alpha value is -1.10. The van der Waals surface area contributed by atoms with Gasteiger partial charge in [0.15, 0.2) is 0 Å². The lowest BCUT2D eigenvalue weighted by atomic mass is 10.2. The Morgan fingerprint density at radius 1 is 1.67 bits per heavy atom. The van der Waals surface area contributed by atoms with Crippen LogP contribution in [-0.4, -0.2) is 30.4 Å². The minimum atomic E-state index is -0.589. The Morgan fingerprint density at radius 3 is 2.87 bits per heavy atom. The molecule has 1 aliphatic heterocycles. The summed E-state index contributed by atoms with van der Waals surface area (Å²) in [6.07, 6.45) is 3.78. The fraction of sp³-hybridized carbons (Fsp3) is 0.400. The van der Waals surface area contributed by atoms with Gasteiger partial charge in [-0.25, -0.2) is 4.79 Å². The van der Waals surface area contributed by atoms with Crippen LogP contribution < -0.4 is 0 Å². The van der Waals surface area contributed by atoms with Crippen LogP contribution in [-0.2, 0) is 14.3 Å². The van der Waals surface area contributed by atoms with Gasteiger partial charge in [-0.2, -0.15) is 0 Å². The predicted octanol–water partition coefficient (Wildman–Crippen LogP) is 1.57. The summed E-state index contributed by atoms with van der Waals surface area (Å²) < 4.78 is 5.41. The molecule has 82 valence electrons. The van der Waals surface area contributed by atoms with Crippen LogP contribution in [0.25, 0.3) is 0 Å². The highest BCUT2D eigenvalue weighted by Gasteiger charge is 2.24. The summed E-state index contributed by atoms with van der Waals surface area (Å²) in [6.45, 7) is 2.36. The van der Waals surface area contributed by atoms with E-state index in [0.717, 1.165) is 4.48 Å². The Labute approximate surface area is 96.7 Å². The number of hydrogen-bond acceptors (Lipinski definition) is 3. The molecule has 15 heavy (non-hydrogen) atoms. The zero-order chi connectivity index (χ0) is 11.4. The van der Waals surface area contributed by atoms with Crippen LogP contribution in [0.1, 0.15) is 13.3 Å². The first-order valence-corrected chi connectivity index (χ1v) is 5.35. The molecule has 0 fully saturated rings. The van der Waals surface area contributed by atoms with Gasteiger partial charge in [0.1, 0.15) is 5.57 Å². The molecule has 0 aromatic heterocycles. The number of methoxy groups -OCH3 is 1. The van der Waals surface area contributed by atoms with Crippen molar-refractivity contribution in [2.75, 3.05) is 13.7 Å². The molecule has 0 aliphatic carbocycles. The van der Waals surface area contributed by atoms with Crippen molar-refractivity contribution in [1.82, 2.24) is 4.90 Å². The molecule has 0 radical (unpaired) electrons. The van der Waals surface area contributed by atoms with Crippen molar-refractivity contribution >= 4 is 27.8 Å². The van der Waals surface area contributed by atoms with Crippen LogP contribution >= 0.6 is 15.9 Å². The molecule has 0 atom stereocenters. The molecule has 1 rings (SSSR count). The van der Waals surface area contributed by atoms with Crippen LogP contribution in [0.5, 0.6) is 0 Å². The van der Waals surface area contributed by atoms with Gasteiger partial charge in [-0.15, -0.1) is 0 Å². The molecule has 0 aromatic carbocycles. The quantitative estimate of drug-likeness (QED) is 0.567. The van der Waals surface area contributed by atoms with Gasteiger partial charge in [0.2, 0.25) is 0 Å². The number of hydrogen-bond donors (Lipinski definition) is 0. The molecule has 0 bridgehead atoms. The van der Waals surface area contributed by atoms with Crippen molar-refractivity contribution < 1.29 is 14.3 Å². The maximum Gasteiger partial charge on any atom is 0.343 e. The van der Waals surface area contributed by atoms with Crippen LogP contribution in [0, 0.1) is 0 Å². The number of likely N-dealkylation sites (N-methyl/N-ethyl adjacent to an activating group) is 1. The molecular weight excluding hydrogens is 262 g/mol. The Balaban J connectivity index is 3.01. The van der Waals surface area contributed by atoms with Gasteiger partial charge in [-0.1, -0.05) is 22.0 Å². The van der Waals surface area contributed by atoms with E-state index in [-0.39, 0.29) is 11.5 Å². The van der Waals surface area contributed by atoms with Crippen molar-refractivity contribution in [3.05, 3.63) is 22.3 Å². The predicted molar refractivity (Wildman–Crippen MR) is 59.1 cm³/mol. The third-order valence-corrected chi connectivity index (χ3v) is 2.56. The zero-order valence-corrected chi connectivity index (χ0v) is 10.2. The second kappa shape index (κ2) is 5.11. The molecule has 0 unspecified atom stereocenters. The Morgan fingerprint density at radius 2 is 2.33 bits per heavy atom. The summed E-state index contributed by atoms with van der Waals surface area (Å²) in [5.41, 5.74) is 0.0880. The van der Waals surface area contributed by atoms with Crippen molar-refractivity contribution in [3.63, 3.8) is 0 Å². The molecular formula is C10H12BrNO3. The largest absolute Gasteiger partial charge is 0.465 e. The van der Waals surface area contributed by atoms with Crippen molar-refractivity contribution in [2.24, 2.45) is 0 Å².